The molecule has 0 saturated carbocycles. The summed E-state index contributed by atoms with van der Waals surface area (Å²) in [4.78, 5) is 48.9. The van der Waals surface area contributed by atoms with E-state index in [-0.39, 0.29) is 17.6 Å². The molecule has 2 aromatic rings. The zero-order valence-electron chi connectivity index (χ0n) is 24.2. The second kappa shape index (κ2) is 12.0. The molecule has 0 N–H and O–H groups in total. The summed E-state index contributed by atoms with van der Waals surface area (Å²) < 4.78 is 5.56. The Balaban J connectivity index is 1.48. The number of urea groups is 2. The van der Waals surface area contributed by atoms with Crippen LogP contribution in [0.5, 0.6) is 0 Å². The van der Waals surface area contributed by atoms with Crippen LogP contribution in [0.2, 0.25) is 5.02 Å². The Morgan fingerprint density at radius 1 is 1.07 bits per heavy atom. The first-order chi connectivity index (χ1) is 18.9. The molecule has 1 saturated heterocycles. The summed E-state index contributed by atoms with van der Waals surface area (Å²) in [5.74, 6) is -1.18. The molecule has 8 nitrogen and oxygen atoms in total. The number of carbonyl (C=O) groups excluding carboxylic acids is 3. The van der Waals surface area contributed by atoms with Crippen LogP contribution in [0.4, 0.5) is 15.3 Å². The first-order valence-corrected chi connectivity index (χ1v) is 14.2. The maximum Gasteiger partial charge on any atom is 0.344 e. The van der Waals surface area contributed by atoms with Crippen molar-refractivity contribution in [2.45, 2.75) is 65.5 Å². The number of hydrogen-bond donors (Lipinski definition) is 0. The molecular weight excluding hydrogens is 528 g/mol. The molecule has 9 heteroatoms. The first kappa shape index (κ1) is 29.6. The van der Waals surface area contributed by atoms with Gasteiger partial charge in [-0.1, -0.05) is 56.6 Å². The highest BCUT2D eigenvalue weighted by atomic mass is 35.5. The molecule has 2 aromatic carbocycles. The number of aliphatic imine (C=N–C) groups is 1. The fourth-order valence-electron chi connectivity index (χ4n) is 5.32. The highest BCUT2D eigenvalue weighted by Crippen LogP contribution is 2.36. The van der Waals surface area contributed by atoms with Gasteiger partial charge in [0.15, 0.2) is 0 Å². The van der Waals surface area contributed by atoms with Crippen LogP contribution < -0.4 is 4.90 Å². The number of ether oxygens (including phenoxy) is 1. The third-order valence-electron chi connectivity index (χ3n) is 7.38. The lowest BCUT2D eigenvalue weighted by atomic mass is 9.86. The van der Waals surface area contributed by atoms with Crippen LogP contribution in [0.25, 0.3) is 0 Å². The third-order valence-corrected chi connectivity index (χ3v) is 7.62. The highest BCUT2D eigenvalue weighted by molar-refractivity contribution is 6.30. The highest BCUT2D eigenvalue weighted by Gasteiger charge is 2.43. The van der Waals surface area contributed by atoms with Gasteiger partial charge in [0.2, 0.25) is 0 Å². The van der Waals surface area contributed by atoms with E-state index in [4.69, 9.17) is 16.3 Å². The number of nitrogens with zero attached hydrogens (tertiary/aromatic N) is 4. The molecule has 4 rings (SSSR count). The average molecular weight is 567 g/mol. The van der Waals surface area contributed by atoms with E-state index in [1.165, 1.54) is 5.56 Å². The summed E-state index contributed by atoms with van der Waals surface area (Å²) in [6.45, 7) is 13.8. The van der Waals surface area contributed by atoms with Gasteiger partial charge in [0.1, 0.15) is 5.92 Å². The van der Waals surface area contributed by atoms with E-state index in [9.17, 15) is 14.4 Å². The minimum absolute atomic E-state index is 0.0432. The number of amides is 4. The Hall–Kier alpha value is -3.39. The summed E-state index contributed by atoms with van der Waals surface area (Å²) in [6.07, 6.45) is 0.228. The molecule has 1 fully saturated rings. The summed E-state index contributed by atoms with van der Waals surface area (Å²) in [6, 6.07) is 14.3. The molecule has 0 bridgehead atoms. The van der Waals surface area contributed by atoms with Gasteiger partial charge in [0.25, 0.3) is 0 Å². The van der Waals surface area contributed by atoms with Crippen molar-refractivity contribution in [3.05, 3.63) is 64.7 Å². The number of rotatable bonds is 8. The van der Waals surface area contributed by atoms with Crippen molar-refractivity contribution in [1.82, 2.24) is 9.80 Å². The van der Waals surface area contributed by atoms with Crippen molar-refractivity contribution in [2.24, 2.45) is 10.9 Å². The van der Waals surface area contributed by atoms with E-state index in [2.05, 4.69) is 37.9 Å². The molecule has 0 aliphatic carbocycles. The molecule has 2 atom stereocenters. The second-order valence-corrected chi connectivity index (χ2v) is 12.2. The van der Waals surface area contributed by atoms with E-state index in [0.717, 1.165) is 11.3 Å². The Morgan fingerprint density at radius 3 is 2.40 bits per heavy atom. The normalized spacial score (nSPS) is 19.9. The van der Waals surface area contributed by atoms with Gasteiger partial charge in [0.05, 0.1) is 12.1 Å². The van der Waals surface area contributed by atoms with Crippen molar-refractivity contribution in [3.63, 3.8) is 0 Å². The molecule has 2 heterocycles. The lowest BCUT2D eigenvalue weighted by Gasteiger charge is -2.39. The number of hydrogen-bond acceptors (Lipinski definition) is 4. The SMILES string of the molecule is CC1=NC(=O)N(CCCN2CCN(c3ccc(C(C)(C)C)cc3)C2=O)C(c2cccc(Cl)c2)C1C(=O)OC(C)C. The fraction of sp³-hybridized carbons (Fsp3) is 0.484. The van der Waals surface area contributed by atoms with Crippen molar-refractivity contribution < 1.29 is 19.1 Å². The molecular formula is C31H39ClN4O4. The lowest BCUT2D eigenvalue weighted by Crippen LogP contribution is -2.48. The van der Waals surface area contributed by atoms with Gasteiger partial charge in [-0.2, -0.15) is 0 Å². The van der Waals surface area contributed by atoms with Crippen LogP contribution in [0.1, 0.15) is 65.1 Å². The van der Waals surface area contributed by atoms with Crippen LogP contribution in [-0.4, -0.2) is 65.8 Å². The molecule has 2 unspecified atom stereocenters. The largest absolute Gasteiger partial charge is 0.462 e. The lowest BCUT2D eigenvalue weighted by molar-refractivity contribution is -0.151. The zero-order valence-corrected chi connectivity index (χ0v) is 24.9. The van der Waals surface area contributed by atoms with Gasteiger partial charge in [0, 0.05) is 42.6 Å². The van der Waals surface area contributed by atoms with E-state index in [0.29, 0.717) is 43.3 Å². The van der Waals surface area contributed by atoms with Gasteiger partial charge >= 0.3 is 18.0 Å². The second-order valence-electron chi connectivity index (χ2n) is 11.8. The molecule has 214 valence electrons. The van der Waals surface area contributed by atoms with Crippen LogP contribution in [0.3, 0.4) is 0 Å². The van der Waals surface area contributed by atoms with E-state index in [1.54, 1.807) is 53.7 Å². The predicted molar refractivity (Wildman–Crippen MR) is 158 cm³/mol. The topological polar surface area (TPSA) is 82.5 Å². The van der Waals surface area contributed by atoms with Crippen molar-refractivity contribution in [3.8, 4) is 0 Å². The minimum atomic E-state index is -0.751. The van der Waals surface area contributed by atoms with Crippen LogP contribution in [-0.2, 0) is 14.9 Å². The van der Waals surface area contributed by atoms with Crippen LogP contribution >= 0.6 is 11.6 Å². The van der Waals surface area contributed by atoms with Gasteiger partial charge in [-0.05, 0) is 68.0 Å². The van der Waals surface area contributed by atoms with Crippen LogP contribution in [0, 0.1) is 5.92 Å². The molecule has 4 amide bonds. The van der Waals surface area contributed by atoms with Crippen molar-refractivity contribution >= 4 is 41.0 Å². The van der Waals surface area contributed by atoms with Crippen molar-refractivity contribution in [1.29, 1.82) is 0 Å². The quantitative estimate of drug-likeness (QED) is 0.343. The first-order valence-electron chi connectivity index (χ1n) is 13.9. The van der Waals surface area contributed by atoms with E-state index in [1.807, 2.05) is 18.2 Å². The number of halogens is 1. The smallest absolute Gasteiger partial charge is 0.344 e. The zero-order chi connectivity index (χ0) is 29.2. The van der Waals surface area contributed by atoms with E-state index >= 15 is 0 Å². The maximum atomic E-state index is 13.2. The summed E-state index contributed by atoms with van der Waals surface area (Å²) >= 11 is 6.30. The minimum Gasteiger partial charge on any atom is -0.462 e. The number of esters is 1. The monoisotopic (exact) mass is 566 g/mol. The summed E-state index contributed by atoms with van der Waals surface area (Å²) in [5, 5.41) is 0.513. The summed E-state index contributed by atoms with van der Waals surface area (Å²) in [7, 11) is 0. The third kappa shape index (κ3) is 6.49. The predicted octanol–water partition coefficient (Wildman–Crippen LogP) is 6.48. The Labute approximate surface area is 241 Å². The van der Waals surface area contributed by atoms with Gasteiger partial charge in [-0.3, -0.25) is 9.69 Å². The van der Waals surface area contributed by atoms with Crippen molar-refractivity contribution in [2.75, 3.05) is 31.1 Å². The number of carbonyl (C=O) groups is 3. The molecule has 0 radical (unpaired) electrons. The molecule has 2 aliphatic rings. The Bertz CT molecular complexity index is 1280. The number of anilines is 1. The van der Waals surface area contributed by atoms with E-state index < -0.39 is 24.0 Å². The Morgan fingerprint density at radius 2 is 1.77 bits per heavy atom. The number of benzene rings is 2. The molecule has 0 spiro atoms. The molecule has 0 aromatic heterocycles. The molecule has 2 aliphatic heterocycles. The maximum absolute atomic E-state index is 13.2. The fourth-order valence-corrected chi connectivity index (χ4v) is 5.52. The average Bonchev–Trinajstić information content (AvgIpc) is 3.24. The van der Waals surface area contributed by atoms with Crippen LogP contribution in [0.15, 0.2) is 53.5 Å². The van der Waals surface area contributed by atoms with Gasteiger partial charge in [-0.25, -0.2) is 14.6 Å². The Kier molecular flexibility index (Phi) is 8.88. The molecule has 40 heavy (non-hydrogen) atoms. The van der Waals surface area contributed by atoms with Gasteiger partial charge < -0.3 is 14.5 Å². The van der Waals surface area contributed by atoms with Gasteiger partial charge in [-0.15, -0.1) is 0 Å². The standard InChI is InChI=1S/C31H39ClN4O4/c1-20(2)40-28(37)26-21(3)33-29(38)36(27(26)22-9-7-10-24(32)19-22)16-8-15-34-17-18-35(30(34)39)25-13-11-23(12-14-25)31(4,5)6/h7,9-14,19-20,26-27H,8,15-18H2,1-6H3. The summed E-state index contributed by atoms with van der Waals surface area (Å²) in [5.41, 5.74) is 3.29.